The summed E-state index contributed by atoms with van der Waals surface area (Å²) in [6, 6.07) is 11.1. The van der Waals surface area contributed by atoms with Crippen LogP contribution in [0.2, 0.25) is 0 Å². The standard InChI is InChI=1S/C22H23N5O4/c1-26(2)22(28)31-19(13-5-6-13)20-24-21-17(29-3)10-9-16(27(21)25-20)14-7-8-15(12-23)18(11-14)30-4/h7-11,13,19H,5-6H2,1-4H3. The fraction of sp³-hybridized carbons (Fsp3) is 0.364. The summed E-state index contributed by atoms with van der Waals surface area (Å²) in [6.45, 7) is 0. The summed E-state index contributed by atoms with van der Waals surface area (Å²) >= 11 is 0. The second-order valence-electron chi connectivity index (χ2n) is 7.56. The van der Waals surface area contributed by atoms with Crippen molar-refractivity contribution < 1.29 is 19.0 Å². The van der Waals surface area contributed by atoms with Crippen LogP contribution in [0, 0.1) is 17.2 Å². The molecule has 9 nitrogen and oxygen atoms in total. The van der Waals surface area contributed by atoms with Gasteiger partial charge in [-0.15, -0.1) is 5.10 Å². The van der Waals surface area contributed by atoms with Crippen LogP contribution >= 0.6 is 0 Å². The number of hydrogen-bond donors (Lipinski definition) is 0. The van der Waals surface area contributed by atoms with Crippen LogP contribution in [0.25, 0.3) is 16.9 Å². The number of pyridine rings is 1. The summed E-state index contributed by atoms with van der Waals surface area (Å²) in [7, 11) is 6.38. The first-order chi connectivity index (χ1) is 15.0. The lowest BCUT2D eigenvalue weighted by molar-refractivity contribution is 0.0590. The Morgan fingerprint density at radius 3 is 2.55 bits per heavy atom. The van der Waals surface area contributed by atoms with E-state index in [0.717, 1.165) is 24.1 Å². The van der Waals surface area contributed by atoms with Crippen molar-refractivity contribution in [1.82, 2.24) is 19.5 Å². The highest BCUT2D eigenvalue weighted by Crippen LogP contribution is 2.43. The molecule has 1 aromatic carbocycles. The highest BCUT2D eigenvalue weighted by atomic mass is 16.6. The van der Waals surface area contributed by atoms with Crippen molar-refractivity contribution in [3.8, 4) is 28.8 Å². The largest absolute Gasteiger partial charge is 0.495 e. The number of ether oxygens (including phenoxy) is 3. The summed E-state index contributed by atoms with van der Waals surface area (Å²) in [5, 5.41) is 14.0. The minimum absolute atomic E-state index is 0.200. The first kappa shape index (κ1) is 20.5. The van der Waals surface area contributed by atoms with Gasteiger partial charge >= 0.3 is 6.09 Å². The van der Waals surface area contributed by atoms with Crippen LogP contribution in [0.3, 0.4) is 0 Å². The van der Waals surface area contributed by atoms with E-state index in [4.69, 9.17) is 19.3 Å². The lowest BCUT2D eigenvalue weighted by Gasteiger charge is -2.17. The zero-order chi connectivity index (χ0) is 22.1. The second-order valence-corrected chi connectivity index (χ2v) is 7.56. The normalized spacial score (nSPS) is 14.0. The summed E-state index contributed by atoms with van der Waals surface area (Å²) in [5.74, 6) is 1.66. The number of amides is 1. The van der Waals surface area contributed by atoms with E-state index in [-0.39, 0.29) is 5.92 Å². The molecule has 1 atom stereocenters. The van der Waals surface area contributed by atoms with Crippen molar-refractivity contribution in [2.24, 2.45) is 5.92 Å². The van der Waals surface area contributed by atoms with E-state index in [0.29, 0.717) is 28.5 Å². The van der Waals surface area contributed by atoms with E-state index in [9.17, 15) is 10.1 Å². The molecule has 1 fully saturated rings. The Kier molecular flexibility index (Phi) is 5.38. The van der Waals surface area contributed by atoms with Crippen LogP contribution in [0.4, 0.5) is 4.79 Å². The molecule has 31 heavy (non-hydrogen) atoms. The molecule has 1 unspecified atom stereocenters. The number of benzene rings is 1. The van der Waals surface area contributed by atoms with E-state index in [1.807, 2.05) is 18.2 Å². The van der Waals surface area contributed by atoms with Crippen molar-refractivity contribution in [1.29, 1.82) is 5.26 Å². The zero-order valence-electron chi connectivity index (χ0n) is 17.8. The van der Waals surface area contributed by atoms with Gasteiger partial charge in [0.15, 0.2) is 23.3 Å². The highest BCUT2D eigenvalue weighted by molar-refractivity contribution is 5.70. The molecule has 0 saturated heterocycles. The minimum atomic E-state index is -0.525. The number of methoxy groups -OCH3 is 2. The Labute approximate surface area is 179 Å². The molecule has 0 bridgehead atoms. The second kappa shape index (κ2) is 8.14. The molecule has 0 N–H and O–H groups in total. The van der Waals surface area contributed by atoms with Crippen LogP contribution in [0.15, 0.2) is 30.3 Å². The predicted octanol–water partition coefficient (Wildman–Crippen LogP) is 3.43. The van der Waals surface area contributed by atoms with Gasteiger partial charge in [-0.3, -0.25) is 0 Å². The molecule has 2 heterocycles. The van der Waals surface area contributed by atoms with E-state index >= 15 is 0 Å². The van der Waals surface area contributed by atoms with E-state index in [2.05, 4.69) is 11.1 Å². The third-order valence-electron chi connectivity index (χ3n) is 5.20. The van der Waals surface area contributed by atoms with E-state index < -0.39 is 12.2 Å². The van der Waals surface area contributed by atoms with Gasteiger partial charge in [-0.05, 0) is 37.1 Å². The average Bonchev–Trinajstić information content (AvgIpc) is 3.53. The van der Waals surface area contributed by atoms with Crippen LogP contribution in [-0.4, -0.2) is 53.9 Å². The van der Waals surface area contributed by atoms with Gasteiger partial charge in [0.05, 0.1) is 25.5 Å². The van der Waals surface area contributed by atoms with E-state index in [1.165, 1.54) is 12.0 Å². The molecular weight excluding hydrogens is 398 g/mol. The third kappa shape index (κ3) is 3.84. The molecule has 0 spiro atoms. The van der Waals surface area contributed by atoms with Gasteiger partial charge in [0.2, 0.25) is 0 Å². The average molecular weight is 421 g/mol. The maximum absolute atomic E-state index is 12.2. The smallest absolute Gasteiger partial charge is 0.409 e. The molecule has 1 amide bonds. The molecule has 9 heteroatoms. The number of carbonyl (C=O) groups is 1. The quantitative estimate of drug-likeness (QED) is 0.601. The van der Waals surface area contributed by atoms with Gasteiger partial charge in [0.25, 0.3) is 0 Å². The third-order valence-corrected chi connectivity index (χ3v) is 5.20. The maximum atomic E-state index is 12.2. The topological polar surface area (TPSA) is 102 Å². The number of nitriles is 1. The van der Waals surface area contributed by atoms with Gasteiger partial charge in [0, 0.05) is 25.6 Å². The number of rotatable bonds is 6. The van der Waals surface area contributed by atoms with Gasteiger partial charge in [-0.25, -0.2) is 14.3 Å². The molecule has 3 aromatic rings. The van der Waals surface area contributed by atoms with Crippen molar-refractivity contribution in [2.45, 2.75) is 18.9 Å². The summed E-state index contributed by atoms with van der Waals surface area (Å²) in [5.41, 5.74) is 2.50. The van der Waals surface area contributed by atoms with Crippen molar-refractivity contribution in [3.05, 3.63) is 41.7 Å². The molecule has 1 aliphatic carbocycles. The van der Waals surface area contributed by atoms with Gasteiger partial charge in [-0.2, -0.15) is 5.26 Å². The number of fused-ring (bicyclic) bond motifs is 1. The molecule has 0 aliphatic heterocycles. The summed E-state index contributed by atoms with van der Waals surface area (Å²) in [4.78, 5) is 18.2. The first-order valence-corrected chi connectivity index (χ1v) is 9.87. The number of nitrogens with zero attached hydrogens (tertiary/aromatic N) is 5. The predicted molar refractivity (Wildman–Crippen MR) is 112 cm³/mol. The minimum Gasteiger partial charge on any atom is -0.495 e. The van der Waals surface area contributed by atoms with Crippen LogP contribution < -0.4 is 9.47 Å². The lowest BCUT2D eigenvalue weighted by atomic mass is 10.1. The SMILES string of the molecule is COc1cc(-c2ccc(OC)c3nc(C(OC(=O)N(C)C)C4CC4)nn23)ccc1C#N. The molecular formula is C22H23N5O4. The fourth-order valence-corrected chi connectivity index (χ4v) is 3.37. The van der Waals surface area contributed by atoms with Gasteiger partial charge in [0.1, 0.15) is 11.8 Å². The molecule has 1 aliphatic rings. The van der Waals surface area contributed by atoms with Gasteiger partial charge in [-0.1, -0.05) is 6.07 Å². The van der Waals surface area contributed by atoms with Crippen molar-refractivity contribution >= 4 is 11.7 Å². The zero-order valence-corrected chi connectivity index (χ0v) is 17.8. The molecule has 0 radical (unpaired) electrons. The van der Waals surface area contributed by atoms with Crippen molar-refractivity contribution in [2.75, 3.05) is 28.3 Å². The maximum Gasteiger partial charge on any atom is 0.409 e. The fourth-order valence-electron chi connectivity index (χ4n) is 3.37. The lowest BCUT2D eigenvalue weighted by Crippen LogP contribution is -2.26. The first-order valence-electron chi connectivity index (χ1n) is 9.87. The monoisotopic (exact) mass is 421 g/mol. The summed E-state index contributed by atoms with van der Waals surface area (Å²) in [6.07, 6.45) is 0.956. The molecule has 160 valence electrons. The molecule has 1 saturated carbocycles. The Morgan fingerprint density at radius 1 is 1.19 bits per heavy atom. The molecule has 4 rings (SSSR count). The molecule has 2 aromatic heterocycles. The highest BCUT2D eigenvalue weighted by Gasteiger charge is 2.39. The van der Waals surface area contributed by atoms with E-state index in [1.54, 1.807) is 37.9 Å². The summed E-state index contributed by atoms with van der Waals surface area (Å²) < 4.78 is 18.2. The van der Waals surface area contributed by atoms with Crippen molar-refractivity contribution in [3.63, 3.8) is 0 Å². The number of hydrogen-bond acceptors (Lipinski definition) is 7. The number of carbonyl (C=O) groups excluding carboxylic acids is 1. The Balaban J connectivity index is 1.83. The van der Waals surface area contributed by atoms with Gasteiger partial charge < -0.3 is 19.1 Å². The van der Waals surface area contributed by atoms with Crippen LogP contribution in [-0.2, 0) is 4.74 Å². The van der Waals surface area contributed by atoms with Crippen LogP contribution in [0.5, 0.6) is 11.5 Å². The Hall–Kier alpha value is -3.80. The Morgan fingerprint density at radius 2 is 1.94 bits per heavy atom. The Bertz CT molecular complexity index is 1180. The number of aromatic nitrogens is 3. The van der Waals surface area contributed by atoms with Crippen LogP contribution in [0.1, 0.15) is 30.3 Å².